The van der Waals surface area contributed by atoms with Crippen molar-refractivity contribution in [1.82, 2.24) is 20.2 Å². The summed E-state index contributed by atoms with van der Waals surface area (Å²) in [6.45, 7) is 5.71. The minimum atomic E-state index is 0.576. The van der Waals surface area contributed by atoms with Crippen LogP contribution in [0.5, 0.6) is 0 Å². The molecule has 0 aliphatic rings. The van der Waals surface area contributed by atoms with Crippen LogP contribution in [0.15, 0.2) is 0 Å². The molecular weight excluding hydrogens is 166 g/mol. The molecule has 0 aromatic carbocycles. The van der Waals surface area contributed by atoms with Gasteiger partial charge in [-0.25, -0.2) is 0 Å². The second kappa shape index (κ2) is 4.91. The van der Waals surface area contributed by atoms with Crippen molar-refractivity contribution < 1.29 is 0 Å². The highest BCUT2D eigenvalue weighted by molar-refractivity contribution is 4.78. The molecule has 0 radical (unpaired) electrons. The first-order chi connectivity index (χ1) is 6.22. The Morgan fingerprint density at radius 2 is 2.23 bits per heavy atom. The van der Waals surface area contributed by atoms with Crippen LogP contribution in [-0.2, 0) is 13.0 Å². The molecule has 0 saturated carbocycles. The van der Waals surface area contributed by atoms with Gasteiger partial charge in [-0.15, -0.1) is 10.2 Å². The van der Waals surface area contributed by atoms with Crippen molar-refractivity contribution in [1.29, 1.82) is 0 Å². The molecule has 13 heavy (non-hydrogen) atoms. The highest BCUT2D eigenvalue weighted by Gasteiger charge is 2.04. The van der Waals surface area contributed by atoms with Crippen LogP contribution in [0, 0.1) is 5.92 Å². The van der Waals surface area contributed by atoms with Crippen molar-refractivity contribution in [3.8, 4) is 0 Å². The normalized spacial score (nSPS) is 11.1. The molecule has 2 N–H and O–H groups in total. The largest absolute Gasteiger partial charge is 0.330 e. The number of hydrogen-bond donors (Lipinski definition) is 1. The highest BCUT2D eigenvalue weighted by Crippen LogP contribution is 2.00. The number of aryl methyl sites for hydroxylation is 1. The van der Waals surface area contributed by atoms with Crippen molar-refractivity contribution >= 4 is 0 Å². The van der Waals surface area contributed by atoms with Crippen LogP contribution >= 0.6 is 0 Å². The Bertz CT molecular complexity index is 242. The molecule has 0 saturated heterocycles. The van der Waals surface area contributed by atoms with E-state index >= 15 is 0 Å². The summed E-state index contributed by atoms with van der Waals surface area (Å²) in [5.41, 5.74) is 5.37. The van der Waals surface area contributed by atoms with E-state index in [1.807, 2.05) is 0 Å². The van der Waals surface area contributed by atoms with E-state index in [9.17, 15) is 0 Å². The zero-order valence-corrected chi connectivity index (χ0v) is 8.27. The molecule has 5 heteroatoms. The molecule has 0 bridgehead atoms. The minimum Gasteiger partial charge on any atom is -0.330 e. The second-order valence-electron chi connectivity index (χ2n) is 3.54. The van der Waals surface area contributed by atoms with E-state index in [2.05, 4.69) is 29.3 Å². The van der Waals surface area contributed by atoms with Gasteiger partial charge in [0.25, 0.3) is 0 Å². The fourth-order valence-corrected chi connectivity index (χ4v) is 1.05. The monoisotopic (exact) mass is 183 g/mol. The van der Waals surface area contributed by atoms with Crippen LogP contribution in [0.25, 0.3) is 0 Å². The maximum absolute atomic E-state index is 5.37. The van der Waals surface area contributed by atoms with Crippen LogP contribution in [0.3, 0.4) is 0 Å². The van der Waals surface area contributed by atoms with Gasteiger partial charge in [0, 0.05) is 6.42 Å². The number of hydrogen-bond acceptors (Lipinski definition) is 4. The van der Waals surface area contributed by atoms with Gasteiger partial charge >= 0.3 is 0 Å². The Balaban J connectivity index is 2.44. The predicted octanol–water partition coefficient (Wildman–Crippen LogP) is 0.220. The van der Waals surface area contributed by atoms with E-state index in [1.165, 1.54) is 0 Å². The van der Waals surface area contributed by atoms with Crippen LogP contribution in [0.1, 0.15) is 26.1 Å². The summed E-state index contributed by atoms with van der Waals surface area (Å²) < 4.78 is 0. The van der Waals surface area contributed by atoms with Gasteiger partial charge in [-0.05, 0) is 24.1 Å². The number of nitrogens with zero attached hydrogens (tertiary/aromatic N) is 4. The first-order valence-electron chi connectivity index (χ1n) is 4.69. The van der Waals surface area contributed by atoms with Gasteiger partial charge < -0.3 is 5.73 Å². The zero-order chi connectivity index (χ0) is 9.68. The number of tetrazole rings is 1. The summed E-state index contributed by atoms with van der Waals surface area (Å²) in [6.07, 6.45) is 1.79. The van der Waals surface area contributed by atoms with E-state index in [0.29, 0.717) is 12.5 Å². The van der Waals surface area contributed by atoms with Crippen molar-refractivity contribution in [2.75, 3.05) is 6.54 Å². The number of aromatic nitrogens is 4. The van der Waals surface area contributed by atoms with Crippen molar-refractivity contribution in [3.05, 3.63) is 5.82 Å². The Hall–Kier alpha value is -0.970. The lowest BCUT2D eigenvalue weighted by molar-refractivity contribution is 0.500. The van der Waals surface area contributed by atoms with E-state index in [1.54, 1.807) is 4.80 Å². The van der Waals surface area contributed by atoms with Crippen LogP contribution in [0.4, 0.5) is 0 Å². The quantitative estimate of drug-likeness (QED) is 0.709. The number of rotatable bonds is 5. The molecule has 0 fully saturated rings. The fourth-order valence-electron chi connectivity index (χ4n) is 1.05. The molecule has 0 unspecified atom stereocenters. The van der Waals surface area contributed by atoms with Gasteiger partial charge in [-0.1, -0.05) is 13.8 Å². The first-order valence-corrected chi connectivity index (χ1v) is 4.69. The lowest BCUT2D eigenvalue weighted by Crippen LogP contribution is -2.08. The Morgan fingerprint density at radius 1 is 1.46 bits per heavy atom. The maximum atomic E-state index is 5.37. The molecule has 1 rings (SSSR count). The van der Waals surface area contributed by atoms with Crippen LogP contribution in [-0.4, -0.2) is 26.8 Å². The third kappa shape index (κ3) is 3.50. The van der Waals surface area contributed by atoms with Crippen molar-refractivity contribution in [2.45, 2.75) is 33.2 Å². The van der Waals surface area contributed by atoms with Crippen molar-refractivity contribution in [3.63, 3.8) is 0 Å². The van der Waals surface area contributed by atoms with Gasteiger partial charge in [-0.3, -0.25) is 0 Å². The molecule has 74 valence electrons. The molecule has 0 atom stereocenters. The summed E-state index contributed by atoms with van der Waals surface area (Å²) in [5.74, 6) is 1.40. The summed E-state index contributed by atoms with van der Waals surface area (Å²) in [7, 11) is 0. The SMILES string of the molecule is CC(C)Cc1nnn(CCCN)n1. The standard InChI is InChI=1S/C8H17N5/c1-7(2)6-8-10-12-13(11-8)5-3-4-9/h7H,3-6,9H2,1-2H3. The van der Waals surface area contributed by atoms with E-state index in [0.717, 1.165) is 25.2 Å². The van der Waals surface area contributed by atoms with E-state index in [-0.39, 0.29) is 0 Å². The van der Waals surface area contributed by atoms with Gasteiger partial charge in [0.05, 0.1) is 6.54 Å². The minimum absolute atomic E-state index is 0.576. The third-order valence-corrected chi connectivity index (χ3v) is 1.65. The third-order valence-electron chi connectivity index (χ3n) is 1.65. The summed E-state index contributed by atoms with van der Waals surface area (Å²) in [5, 5.41) is 12.1. The first kappa shape index (κ1) is 10.1. The zero-order valence-electron chi connectivity index (χ0n) is 8.27. The average molecular weight is 183 g/mol. The van der Waals surface area contributed by atoms with Gasteiger partial charge in [0.15, 0.2) is 5.82 Å². The molecule has 1 aromatic heterocycles. The molecule has 1 heterocycles. The Kier molecular flexibility index (Phi) is 3.82. The summed E-state index contributed by atoms with van der Waals surface area (Å²) in [4.78, 5) is 1.62. The lowest BCUT2D eigenvalue weighted by Gasteiger charge is -1.97. The molecule has 5 nitrogen and oxygen atoms in total. The average Bonchev–Trinajstić information content (AvgIpc) is 2.48. The Labute approximate surface area is 78.3 Å². The summed E-state index contributed by atoms with van der Waals surface area (Å²) >= 11 is 0. The van der Waals surface area contributed by atoms with Crippen molar-refractivity contribution in [2.24, 2.45) is 11.7 Å². The van der Waals surface area contributed by atoms with Gasteiger partial charge in [0.1, 0.15) is 0 Å². The molecule has 1 aromatic rings. The van der Waals surface area contributed by atoms with E-state index < -0.39 is 0 Å². The maximum Gasteiger partial charge on any atom is 0.175 e. The smallest absolute Gasteiger partial charge is 0.175 e. The fraction of sp³-hybridized carbons (Fsp3) is 0.875. The second-order valence-corrected chi connectivity index (χ2v) is 3.54. The topological polar surface area (TPSA) is 69.6 Å². The molecular formula is C8H17N5. The summed E-state index contributed by atoms with van der Waals surface area (Å²) in [6, 6.07) is 0. The molecule has 0 aliphatic heterocycles. The molecule has 0 amide bonds. The van der Waals surface area contributed by atoms with Crippen LogP contribution < -0.4 is 5.73 Å². The van der Waals surface area contributed by atoms with Gasteiger partial charge in [0.2, 0.25) is 0 Å². The number of nitrogens with two attached hydrogens (primary N) is 1. The Morgan fingerprint density at radius 3 is 2.85 bits per heavy atom. The lowest BCUT2D eigenvalue weighted by atomic mass is 10.1. The van der Waals surface area contributed by atoms with Crippen LogP contribution in [0.2, 0.25) is 0 Å². The van der Waals surface area contributed by atoms with E-state index in [4.69, 9.17) is 5.73 Å². The predicted molar refractivity (Wildman–Crippen MR) is 50.0 cm³/mol. The highest BCUT2D eigenvalue weighted by atomic mass is 15.6. The van der Waals surface area contributed by atoms with Gasteiger partial charge in [-0.2, -0.15) is 4.80 Å². The molecule has 0 spiro atoms. The molecule has 0 aliphatic carbocycles.